The SMILES string of the molecule is COCC#C[I+]OS(=O)(=O)c1ccc(C)cc1. The van der Waals surface area contributed by atoms with Crippen LogP contribution < -0.4 is 21.6 Å². The van der Waals surface area contributed by atoms with Crippen molar-refractivity contribution in [3.8, 4) is 9.85 Å². The Morgan fingerprint density at radius 1 is 1.29 bits per heavy atom. The lowest BCUT2D eigenvalue weighted by molar-refractivity contribution is -0.792. The van der Waals surface area contributed by atoms with Crippen molar-refractivity contribution in [2.75, 3.05) is 13.7 Å². The maximum atomic E-state index is 11.7. The lowest BCUT2D eigenvalue weighted by atomic mass is 10.2. The smallest absolute Gasteiger partial charge is 0.372 e. The summed E-state index contributed by atoms with van der Waals surface area (Å²) in [7, 11) is -2.13. The lowest BCUT2D eigenvalue weighted by Gasteiger charge is -1.96. The van der Waals surface area contributed by atoms with E-state index in [0.717, 1.165) is 5.56 Å². The fraction of sp³-hybridized carbons (Fsp3) is 0.273. The monoisotopic (exact) mass is 367 g/mol. The third-order valence-electron chi connectivity index (χ3n) is 1.75. The average molecular weight is 367 g/mol. The van der Waals surface area contributed by atoms with Gasteiger partial charge in [-0.3, -0.25) is 0 Å². The summed E-state index contributed by atoms with van der Waals surface area (Å²) in [4.78, 5) is 0.163. The molecule has 0 radical (unpaired) electrons. The van der Waals surface area contributed by atoms with E-state index in [9.17, 15) is 8.42 Å². The second-order valence-electron chi connectivity index (χ2n) is 3.11. The Hall–Kier alpha value is -0.620. The van der Waals surface area contributed by atoms with Crippen LogP contribution in [0.5, 0.6) is 0 Å². The van der Waals surface area contributed by atoms with Crippen molar-refractivity contribution in [3.05, 3.63) is 29.8 Å². The zero-order valence-electron chi connectivity index (χ0n) is 9.44. The minimum atomic E-state index is -3.66. The fourth-order valence-electron chi connectivity index (χ4n) is 0.925. The molecule has 0 atom stereocenters. The van der Waals surface area contributed by atoms with Gasteiger partial charge < -0.3 is 4.74 Å². The highest BCUT2D eigenvalue weighted by molar-refractivity contribution is 7.86. The third kappa shape index (κ3) is 5.04. The molecule has 1 aromatic carbocycles. The zero-order valence-corrected chi connectivity index (χ0v) is 12.4. The van der Waals surface area contributed by atoms with E-state index in [2.05, 4.69) is 9.85 Å². The van der Waals surface area contributed by atoms with Crippen molar-refractivity contribution < 1.29 is 37.3 Å². The van der Waals surface area contributed by atoms with Crippen LogP contribution in [0.25, 0.3) is 0 Å². The van der Waals surface area contributed by atoms with E-state index >= 15 is 0 Å². The van der Waals surface area contributed by atoms with Gasteiger partial charge in [0.2, 0.25) is 3.93 Å². The predicted octanol–water partition coefficient (Wildman–Crippen LogP) is -1.69. The van der Waals surface area contributed by atoms with Crippen LogP contribution in [0.1, 0.15) is 5.56 Å². The van der Waals surface area contributed by atoms with E-state index in [4.69, 9.17) is 7.25 Å². The lowest BCUT2D eigenvalue weighted by Crippen LogP contribution is -3.60. The van der Waals surface area contributed by atoms with Crippen molar-refractivity contribution in [2.24, 2.45) is 0 Å². The first-order valence-corrected chi connectivity index (χ1v) is 8.04. The van der Waals surface area contributed by atoms with Gasteiger partial charge in [-0.2, -0.15) is 8.42 Å². The molecule has 1 rings (SSSR count). The second kappa shape index (κ2) is 6.96. The highest BCUT2D eigenvalue weighted by atomic mass is 127. The van der Waals surface area contributed by atoms with Crippen molar-refractivity contribution in [1.82, 2.24) is 0 Å². The Morgan fingerprint density at radius 3 is 2.53 bits per heavy atom. The van der Waals surface area contributed by atoms with E-state index in [1.54, 1.807) is 12.1 Å². The predicted molar refractivity (Wildman–Crippen MR) is 59.1 cm³/mol. The molecule has 0 aliphatic heterocycles. The highest BCUT2D eigenvalue weighted by Gasteiger charge is 2.24. The normalized spacial score (nSPS) is 10.7. The summed E-state index contributed by atoms with van der Waals surface area (Å²) in [5.41, 5.74) is 0.999. The Labute approximate surface area is 112 Å². The summed E-state index contributed by atoms with van der Waals surface area (Å²) in [5, 5.41) is 0. The summed E-state index contributed by atoms with van der Waals surface area (Å²) in [6, 6.07) is 6.50. The molecule has 0 saturated heterocycles. The first-order valence-electron chi connectivity index (χ1n) is 4.67. The first-order chi connectivity index (χ1) is 8.06. The van der Waals surface area contributed by atoms with Crippen LogP contribution in [-0.4, -0.2) is 22.1 Å². The van der Waals surface area contributed by atoms with Crippen LogP contribution in [0, 0.1) is 16.8 Å². The van der Waals surface area contributed by atoms with Crippen molar-refractivity contribution in [2.45, 2.75) is 11.8 Å². The maximum Gasteiger partial charge on any atom is 0.606 e. The van der Waals surface area contributed by atoms with Gasteiger partial charge in [-0.1, -0.05) is 17.7 Å². The summed E-state index contributed by atoms with van der Waals surface area (Å²) in [6.45, 7) is 2.17. The van der Waals surface area contributed by atoms with E-state index in [1.165, 1.54) is 19.2 Å². The Balaban J connectivity index is 2.64. The Morgan fingerprint density at radius 2 is 1.94 bits per heavy atom. The molecule has 0 aromatic heterocycles. The van der Waals surface area contributed by atoms with E-state index in [0.29, 0.717) is 0 Å². The number of ether oxygens (including phenoxy) is 1. The Bertz CT molecular complexity index is 511. The molecule has 0 saturated carbocycles. The van der Waals surface area contributed by atoms with Gasteiger partial charge in [-0.15, -0.1) is 0 Å². The molecule has 0 aliphatic carbocycles. The van der Waals surface area contributed by atoms with Crippen LogP contribution in [0.4, 0.5) is 0 Å². The summed E-state index contributed by atoms with van der Waals surface area (Å²) < 4.78 is 35.6. The molecule has 4 nitrogen and oxygen atoms in total. The van der Waals surface area contributed by atoms with E-state index in [-0.39, 0.29) is 11.5 Å². The van der Waals surface area contributed by atoms with Gasteiger partial charge in [0, 0.05) is 9.62 Å². The van der Waals surface area contributed by atoms with Gasteiger partial charge >= 0.3 is 31.7 Å². The van der Waals surface area contributed by atoms with Crippen molar-refractivity contribution in [3.63, 3.8) is 0 Å². The van der Waals surface area contributed by atoms with Gasteiger partial charge in [0.1, 0.15) is 6.61 Å². The first kappa shape index (κ1) is 14.4. The van der Waals surface area contributed by atoms with E-state index in [1.807, 2.05) is 6.92 Å². The van der Waals surface area contributed by atoms with Crippen LogP contribution in [-0.2, 0) is 17.4 Å². The van der Waals surface area contributed by atoms with Crippen LogP contribution in [0.15, 0.2) is 29.2 Å². The van der Waals surface area contributed by atoms with Crippen LogP contribution >= 0.6 is 0 Å². The molecular weight excluding hydrogens is 355 g/mol. The molecule has 0 bridgehead atoms. The van der Waals surface area contributed by atoms with Gasteiger partial charge in [0.15, 0.2) is 0 Å². The van der Waals surface area contributed by atoms with Gasteiger partial charge in [-0.25, -0.2) is 0 Å². The quantitative estimate of drug-likeness (QED) is 0.471. The average Bonchev–Trinajstić information content (AvgIpc) is 2.29. The molecule has 17 heavy (non-hydrogen) atoms. The molecule has 92 valence electrons. The summed E-state index contributed by atoms with van der Waals surface area (Å²) in [5.74, 6) is 2.66. The number of hydrogen-bond acceptors (Lipinski definition) is 4. The molecule has 0 N–H and O–H groups in total. The number of halogens is 1. The minimum absolute atomic E-state index is 0.163. The van der Waals surface area contributed by atoms with Gasteiger partial charge in [0.05, 0.1) is 4.90 Å². The Kier molecular flexibility index (Phi) is 5.91. The molecule has 0 amide bonds. The fourth-order valence-corrected chi connectivity index (χ4v) is 3.50. The largest absolute Gasteiger partial charge is 0.606 e. The topological polar surface area (TPSA) is 52.6 Å². The minimum Gasteiger partial charge on any atom is -0.372 e. The van der Waals surface area contributed by atoms with Crippen LogP contribution in [0.3, 0.4) is 0 Å². The highest BCUT2D eigenvalue weighted by Crippen LogP contribution is 2.10. The van der Waals surface area contributed by atoms with Gasteiger partial charge in [-0.05, 0) is 25.0 Å². The number of aryl methyl sites for hydroxylation is 1. The third-order valence-corrected chi connectivity index (χ3v) is 5.39. The van der Waals surface area contributed by atoms with Crippen molar-refractivity contribution in [1.29, 1.82) is 0 Å². The summed E-state index contributed by atoms with van der Waals surface area (Å²) in [6.07, 6.45) is 0. The number of hydrogen-bond donors (Lipinski definition) is 0. The molecule has 0 fully saturated rings. The zero-order chi connectivity index (χ0) is 12.7. The number of rotatable bonds is 4. The standard InChI is InChI=1S/C11H12IO4S/c1-10-4-6-11(7-5-10)17(13,14)16-12-8-3-9-15-2/h4-7H,9H2,1-2H3/q+1. The molecule has 1 aromatic rings. The molecular formula is C11H12IO4S+. The van der Waals surface area contributed by atoms with Crippen LogP contribution in [0.2, 0.25) is 0 Å². The molecule has 0 unspecified atom stereocenters. The molecule has 0 heterocycles. The van der Waals surface area contributed by atoms with Gasteiger partial charge in [0.25, 0.3) is 0 Å². The summed E-state index contributed by atoms with van der Waals surface area (Å²) >= 11 is -1.14. The second-order valence-corrected chi connectivity index (χ2v) is 6.68. The maximum absolute atomic E-state index is 11.7. The number of methoxy groups -OCH3 is 1. The van der Waals surface area contributed by atoms with E-state index < -0.39 is 31.7 Å². The molecule has 0 spiro atoms. The molecule has 6 heteroatoms. The number of benzene rings is 1. The molecule has 0 aliphatic rings. The van der Waals surface area contributed by atoms with Crippen molar-refractivity contribution >= 4 is 10.1 Å².